The van der Waals surface area contributed by atoms with Crippen LogP contribution in [0.3, 0.4) is 0 Å². The molecule has 1 aromatic rings. The third-order valence-electron chi connectivity index (χ3n) is 3.85. The van der Waals surface area contributed by atoms with E-state index in [1.54, 1.807) is 6.07 Å². The maximum atomic E-state index is 11.8. The number of nitro benzene ring substituents is 1. The number of rotatable bonds is 4. The molecule has 2 N–H and O–H groups in total. The SMILES string of the molecule is CC(C)(C)OC(=O)NC1CCC(Nc2ccc([N+](=O)[O-])cc2C#N)C1. The number of nitrogens with one attached hydrogen (secondary N) is 2. The molecule has 8 nitrogen and oxygen atoms in total. The van der Waals surface area contributed by atoms with Crippen molar-refractivity contribution < 1.29 is 14.5 Å². The van der Waals surface area contributed by atoms with E-state index in [1.807, 2.05) is 26.8 Å². The smallest absolute Gasteiger partial charge is 0.407 e. The lowest BCUT2D eigenvalue weighted by atomic mass is 10.1. The molecule has 1 aliphatic carbocycles. The van der Waals surface area contributed by atoms with E-state index < -0.39 is 16.6 Å². The van der Waals surface area contributed by atoms with Crippen molar-refractivity contribution in [1.29, 1.82) is 5.26 Å². The Bertz CT molecular complexity index is 706. The predicted molar refractivity (Wildman–Crippen MR) is 92.2 cm³/mol. The molecule has 1 aromatic carbocycles. The van der Waals surface area contributed by atoms with E-state index in [2.05, 4.69) is 10.6 Å². The molecule has 0 radical (unpaired) electrons. The largest absolute Gasteiger partial charge is 0.444 e. The number of anilines is 1. The van der Waals surface area contributed by atoms with Crippen molar-refractivity contribution in [2.24, 2.45) is 0 Å². The molecule has 2 unspecified atom stereocenters. The Morgan fingerprint density at radius 3 is 2.64 bits per heavy atom. The zero-order chi connectivity index (χ0) is 18.6. The highest BCUT2D eigenvalue weighted by atomic mass is 16.6. The first kappa shape index (κ1) is 18.5. The van der Waals surface area contributed by atoms with E-state index in [9.17, 15) is 20.2 Å². The van der Waals surface area contributed by atoms with Gasteiger partial charge in [0, 0.05) is 24.2 Å². The highest BCUT2D eigenvalue weighted by Crippen LogP contribution is 2.27. The second-order valence-electron chi connectivity index (χ2n) is 7.10. The van der Waals surface area contributed by atoms with Gasteiger partial charge in [-0.1, -0.05) is 0 Å². The third-order valence-corrected chi connectivity index (χ3v) is 3.85. The summed E-state index contributed by atoms with van der Waals surface area (Å²) >= 11 is 0. The number of nitriles is 1. The molecule has 0 aromatic heterocycles. The van der Waals surface area contributed by atoms with E-state index in [1.165, 1.54) is 12.1 Å². The molecule has 2 rings (SSSR count). The van der Waals surface area contributed by atoms with Crippen LogP contribution in [0, 0.1) is 21.4 Å². The molecule has 0 bridgehead atoms. The number of carbonyl (C=O) groups excluding carboxylic acids is 1. The molecule has 1 amide bonds. The van der Waals surface area contributed by atoms with Crippen molar-refractivity contribution in [2.75, 3.05) is 5.32 Å². The monoisotopic (exact) mass is 346 g/mol. The van der Waals surface area contributed by atoms with Crippen LogP contribution >= 0.6 is 0 Å². The number of nitrogens with zero attached hydrogens (tertiary/aromatic N) is 2. The van der Waals surface area contributed by atoms with Gasteiger partial charge in [-0.2, -0.15) is 5.26 Å². The Kier molecular flexibility index (Phi) is 5.47. The summed E-state index contributed by atoms with van der Waals surface area (Å²) in [6.45, 7) is 5.43. The third kappa shape index (κ3) is 5.35. The summed E-state index contributed by atoms with van der Waals surface area (Å²) in [6.07, 6.45) is 1.88. The first-order chi connectivity index (χ1) is 11.7. The zero-order valence-electron chi connectivity index (χ0n) is 14.5. The number of carbonyl (C=O) groups is 1. The fourth-order valence-corrected chi connectivity index (χ4v) is 2.80. The number of ether oxygens (including phenoxy) is 1. The molecule has 1 aliphatic rings. The van der Waals surface area contributed by atoms with Crippen molar-refractivity contribution in [3.05, 3.63) is 33.9 Å². The molecule has 0 heterocycles. The second-order valence-corrected chi connectivity index (χ2v) is 7.10. The number of benzene rings is 1. The van der Waals surface area contributed by atoms with Crippen LogP contribution in [0.4, 0.5) is 16.2 Å². The van der Waals surface area contributed by atoms with Crippen LogP contribution in [-0.4, -0.2) is 28.7 Å². The van der Waals surface area contributed by atoms with Gasteiger partial charge >= 0.3 is 6.09 Å². The van der Waals surface area contributed by atoms with Crippen molar-refractivity contribution in [3.63, 3.8) is 0 Å². The Morgan fingerprint density at radius 1 is 1.36 bits per heavy atom. The molecule has 0 saturated heterocycles. The molecule has 8 heteroatoms. The van der Waals surface area contributed by atoms with Gasteiger partial charge in [0.15, 0.2) is 0 Å². The quantitative estimate of drug-likeness (QED) is 0.638. The summed E-state index contributed by atoms with van der Waals surface area (Å²) in [5.41, 5.74) is 0.146. The van der Waals surface area contributed by atoms with Crippen molar-refractivity contribution in [3.8, 4) is 6.07 Å². The van der Waals surface area contributed by atoms with Gasteiger partial charge in [-0.3, -0.25) is 10.1 Å². The van der Waals surface area contributed by atoms with Crippen LogP contribution in [0.5, 0.6) is 0 Å². The van der Waals surface area contributed by atoms with Crippen molar-refractivity contribution >= 4 is 17.5 Å². The van der Waals surface area contributed by atoms with Gasteiger partial charge in [0.2, 0.25) is 0 Å². The summed E-state index contributed by atoms with van der Waals surface area (Å²) in [5, 5.41) is 26.1. The Labute approximate surface area is 146 Å². The normalized spacial score (nSPS) is 19.8. The summed E-state index contributed by atoms with van der Waals surface area (Å²) in [6, 6.07) is 6.23. The molecule has 0 spiro atoms. The van der Waals surface area contributed by atoms with Gasteiger partial charge in [0.1, 0.15) is 11.7 Å². The topological polar surface area (TPSA) is 117 Å². The first-order valence-corrected chi connectivity index (χ1v) is 8.12. The molecular weight excluding hydrogens is 324 g/mol. The highest BCUT2D eigenvalue weighted by Gasteiger charge is 2.28. The molecule has 1 saturated carbocycles. The van der Waals surface area contributed by atoms with Gasteiger partial charge in [0.25, 0.3) is 5.69 Å². The zero-order valence-corrected chi connectivity index (χ0v) is 14.5. The number of nitro groups is 1. The van der Waals surface area contributed by atoms with E-state index in [0.717, 1.165) is 12.8 Å². The summed E-state index contributed by atoms with van der Waals surface area (Å²) in [7, 11) is 0. The number of alkyl carbamates (subject to hydrolysis) is 1. The number of hydrogen-bond donors (Lipinski definition) is 2. The molecule has 134 valence electrons. The molecule has 25 heavy (non-hydrogen) atoms. The molecule has 2 atom stereocenters. The molecule has 1 fully saturated rings. The van der Waals surface area contributed by atoms with Crippen LogP contribution < -0.4 is 10.6 Å². The lowest BCUT2D eigenvalue weighted by Crippen LogP contribution is -2.38. The maximum Gasteiger partial charge on any atom is 0.407 e. The predicted octanol–water partition coefficient (Wildman–Crippen LogP) is 3.32. The van der Waals surface area contributed by atoms with Crippen LogP contribution in [-0.2, 0) is 4.74 Å². The van der Waals surface area contributed by atoms with Crippen LogP contribution in [0.2, 0.25) is 0 Å². The first-order valence-electron chi connectivity index (χ1n) is 8.12. The average molecular weight is 346 g/mol. The van der Waals surface area contributed by atoms with Gasteiger partial charge in [-0.05, 0) is 46.1 Å². The van der Waals surface area contributed by atoms with Gasteiger partial charge in [-0.15, -0.1) is 0 Å². The Hall–Kier alpha value is -2.82. The minimum absolute atomic E-state index is 0.00376. The minimum Gasteiger partial charge on any atom is -0.444 e. The van der Waals surface area contributed by atoms with Gasteiger partial charge in [-0.25, -0.2) is 4.79 Å². The standard InChI is InChI=1S/C17H22N4O4/c1-17(2,3)25-16(22)20-13-5-4-12(9-13)19-15-7-6-14(21(23)24)8-11(15)10-18/h6-8,12-13,19H,4-5,9H2,1-3H3,(H,20,22). The highest BCUT2D eigenvalue weighted by molar-refractivity contribution is 5.68. The van der Waals surface area contributed by atoms with E-state index in [0.29, 0.717) is 12.1 Å². The number of non-ortho nitro benzene ring substituents is 1. The lowest BCUT2D eigenvalue weighted by Gasteiger charge is -2.22. The summed E-state index contributed by atoms with van der Waals surface area (Å²) in [4.78, 5) is 22.1. The van der Waals surface area contributed by atoms with Crippen LogP contribution in [0.15, 0.2) is 18.2 Å². The fourth-order valence-electron chi connectivity index (χ4n) is 2.80. The molecular formula is C17H22N4O4. The number of hydrogen-bond acceptors (Lipinski definition) is 6. The van der Waals surface area contributed by atoms with Crippen molar-refractivity contribution in [2.45, 2.75) is 57.7 Å². The van der Waals surface area contributed by atoms with Crippen molar-refractivity contribution in [1.82, 2.24) is 5.32 Å². The summed E-state index contributed by atoms with van der Waals surface area (Å²) < 4.78 is 5.25. The Balaban J connectivity index is 1.94. The minimum atomic E-state index is -0.541. The fraction of sp³-hybridized carbons (Fsp3) is 0.529. The Morgan fingerprint density at radius 2 is 2.04 bits per heavy atom. The second kappa shape index (κ2) is 7.38. The van der Waals surface area contributed by atoms with Crippen LogP contribution in [0.1, 0.15) is 45.6 Å². The van der Waals surface area contributed by atoms with Crippen LogP contribution in [0.25, 0.3) is 0 Å². The van der Waals surface area contributed by atoms with E-state index in [4.69, 9.17) is 4.74 Å². The maximum absolute atomic E-state index is 11.8. The number of amides is 1. The van der Waals surface area contributed by atoms with Gasteiger partial charge < -0.3 is 15.4 Å². The summed E-state index contributed by atoms with van der Waals surface area (Å²) in [5.74, 6) is 0. The molecule has 0 aliphatic heterocycles. The lowest BCUT2D eigenvalue weighted by molar-refractivity contribution is -0.384. The average Bonchev–Trinajstić information content (AvgIpc) is 2.92. The van der Waals surface area contributed by atoms with E-state index >= 15 is 0 Å². The van der Waals surface area contributed by atoms with Gasteiger partial charge in [0.05, 0.1) is 16.2 Å². The van der Waals surface area contributed by atoms with E-state index in [-0.39, 0.29) is 23.3 Å².